The highest BCUT2D eigenvalue weighted by Crippen LogP contribution is 2.27. The van der Waals surface area contributed by atoms with E-state index in [-0.39, 0.29) is 11.7 Å². The van der Waals surface area contributed by atoms with E-state index in [9.17, 15) is 9.18 Å². The Hall–Kier alpha value is -1.83. The lowest BCUT2D eigenvalue weighted by Crippen LogP contribution is -2.19. The predicted octanol–water partition coefficient (Wildman–Crippen LogP) is 3.12. The molecule has 104 valence electrons. The number of amides is 1. The maximum atomic E-state index is 13.1. The van der Waals surface area contributed by atoms with Crippen LogP contribution in [0, 0.1) is 9.39 Å². The molecule has 4 N–H and O–H groups in total. The summed E-state index contributed by atoms with van der Waals surface area (Å²) < 4.78 is 13.8. The highest BCUT2D eigenvalue weighted by molar-refractivity contribution is 14.1. The highest BCUT2D eigenvalue weighted by Gasteiger charge is 2.11. The number of rotatable bonds is 3. The Morgan fingerprint density at radius 1 is 1.20 bits per heavy atom. The summed E-state index contributed by atoms with van der Waals surface area (Å²) in [5.41, 5.74) is 8.05. The normalized spacial score (nSPS) is 10.2. The Labute approximate surface area is 129 Å². The molecule has 0 unspecified atom stereocenters. The van der Waals surface area contributed by atoms with Crippen molar-refractivity contribution >= 4 is 45.6 Å². The largest absolute Gasteiger partial charge is 0.399 e. The van der Waals surface area contributed by atoms with Crippen LogP contribution in [-0.4, -0.2) is 13.0 Å². The van der Waals surface area contributed by atoms with Gasteiger partial charge in [-0.15, -0.1) is 0 Å². The molecule has 0 aliphatic rings. The van der Waals surface area contributed by atoms with Crippen molar-refractivity contribution in [3.63, 3.8) is 0 Å². The molecule has 2 aromatic rings. The van der Waals surface area contributed by atoms with Crippen LogP contribution < -0.4 is 16.4 Å². The maximum Gasteiger partial charge on any atom is 0.253 e. The predicted molar refractivity (Wildman–Crippen MR) is 86.6 cm³/mol. The van der Waals surface area contributed by atoms with Crippen LogP contribution in [0.15, 0.2) is 36.4 Å². The summed E-state index contributed by atoms with van der Waals surface area (Å²) in [6.07, 6.45) is 0. The van der Waals surface area contributed by atoms with E-state index in [0.29, 0.717) is 26.2 Å². The number of hydrogen-bond donors (Lipinski definition) is 3. The van der Waals surface area contributed by atoms with Crippen LogP contribution in [0.25, 0.3) is 0 Å². The fourth-order valence-electron chi connectivity index (χ4n) is 1.73. The van der Waals surface area contributed by atoms with Crippen LogP contribution >= 0.6 is 22.6 Å². The first-order chi connectivity index (χ1) is 9.51. The van der Waals surface area contributed by atoms with Crippen LogP contribution in [0.1, 0.15) is 10.4 Å². The second kappa shape index (κ2) is 6.08. The molecule has 0 aromatic heterocycles. The standard InChI is InChI=1S/C14H13FIN3O/c1-18-14(20)10-4-3-9(17)7-13(10)19-12-5-2-8(15)6-11(12)16/h2-7,19H,17H2,1H3,(H,18,20). The lowest BCUT2D eigenvalue weighted by Gasteiger charge is -2.13. The second-order valence-corrected chi connectivity index (χ2v) is 5.30. The molecule has 2 aromatic carbocycles. The van der Waals surface area contributed by atoms with E-state index in [2.05, 4.69) is 10.6 Å². The quantitative estimate of drug-likeness (QED) is 0.562. The molecule has 0 fully saturated rings. The zero-order valence-electron chi connectivity index (χ0n) is 10.7. The Morgan fingerprint density at radius 3 is 2.60 bits per heavy atom. The van der Waals surface area contributed by atoms with Gasteiger partial charge in [-0.1, -0.05) is 0 Å². The van der Waals surface area contributed by atoms with Crippen molar-refractivity contribution in [3.8, 4) is 0 Å². The Kier molecular flexibility index (Phi) is 4.43. The second-order valence-electron chi connectivity index (χ2n) is 4.13. The molecule has 20 heavy (non-hydrogen) atoms. The minimum atomic E-state index is -0.306. The van der Waals surface area contributed by atoms with Gasteiger partial charge in [-0.05, 0) is 59.0 Å². The number of hydrogen-bond acceptors (Lipinski definition) is 3. The summed E-state index contributed by atoms with van der Waals surface area (Å²) >= 11 is 2.03. The minimum absolute atomic E-state index is 0.218. The van der Waals surface area contributed by atoms with Gasteiger partial charge in [0.2, 0.25) is 0 Å². The average Bonchev–Trinajstić information content (AvgIpc) is 2.41. The number of benzene rings is 2. The number of nitrogens with two attached hydrogens (primary N) is 1. The lowest BCUT2D eigenvalue weighted by atomic mass is 10.1. The van der Waals surface area contributed by atoms with Crippen molar-refractivity contribution in [2.75, 3.05) is 18.1 Å². The van der Waals surface area contributed by atoms with Gasteiger partial charge in [-0.2, -0.15) is 0 Å². The first kappa shape index (κ1) is 14.6. The summed E-state index contributed by atoms with van der Waals surface area (Å²) in [4.78, 5) is 11.8. The van der Waals surface area contributed by atoms with E-state index in [0.717, 1.165) is 0 Å². The van der Waals surface area contributed by atoms with E-state index < -0.39 is 0 Å². The first-order valence-electron chi connectivity index (χ1n) is 5.85. The third-order valence-corrected chi connectivity index (χ3v) is 3.61. The zero-order chi connectivity index (χ0) is 14.7. The number of nitrogens with one attached hydrogen (secondary N) is 2. The fourth-order valence-corrected chi connectivity index (χ4v) is 2.35. The monoisotopic (exact) mass is 385 g/mol. The summed E-state index contributed by atoms with van der Waals surface area (Å²) in [6, 6.07) is 9.36. The molecule has 0 aliphatic carbocycles. The molecule has 0 atom stereocenters. The van der Waals surface area contributed by atoms with Gasteiger partial charge in [0.15, 0.2) is 0 Å². The molecule has 0 heterocycles. The van der Waals surface area contributed by atoms with Crippen LogP contribution in [0.4, 0.5) is 21.5 Å². The molecule has 0 radical (unpaired) electrons. The number of carbonyl (C=O) groups is 1. The topological polar surface area (TPSA) is 67.2 Å². The van der Waals surface area contributed by atoms with Gasteiger partial charge >= 0.3 is 0 Å². The number of anilines is 3. The van der Waals surface area contributed by atoms with Crippen molar-refractivity contribution in [2.24, 2.45) is 0 Å². The van der Waals surface area contributed by atoms with Gasteiger partial charge in [0.05, 0.1) is 16.9 Å². The van der Waals surface area contributed by atoms with Gasteiger partial charge in [-0.25, -0.2) is 4.39 Å². The van der Waals surface area contributed by atoms with Crippen LogP contribution in [0.2, 0.25) is 0 Å². The SMILES string of the molecule is CNC(=O)c1ccc(N)cc1Nc1ccc(F)cc1I. The molecule has 0 saturated heterocycles. The third-order valence-electron chi connectivity index (χ3n) is 2.72. The smallest absolute Gasteiger partial charge is 0.253 e. The summed E-state index contributed by atoms with van der Waals surface area (Å²) in [7, 11) is 1.56. The van der Waals surface area contributed by atoms with Crippen LogP contribution in [0.3, 0.4) is 0 Å². The maximum absolute atomic E-state index is 13.1. The Morgan fingerprint density at radius 2 is 1.95 bits per heavy atom. The van der Waals surface area contributed by atoms with E-state index in [1.807, 2.05) is 22.6 Å². The molecule has 0 bridgehead atoms. The van der Waals surface area contributed by atoms with E-state index in [1.54, 1.807) is 31.3 Å². The van der Waals surface area contributed by atoms with Crippen LogP contribution in [-0.2, 0) is 0 Å². The van der Waals surface area contributed by atoms with Crippen molar-refractivity contribution in [1.29, 1.82) is 0 Å². The van der Waals surface area contributed by atoms with E-state index in [4.69, 9.17) is 5.73 Å². The number of carbonyl (C=O) groups excluding carboxylic acids is 1. The van der Waals surface area contributed by atoms with Crippen molar-refractivity contribution < 1.29 is 9.18 Å². The number of nitrogen functional groups attached to an aromatic ring is 1. The van der Waals surface area contributed by atoms with Crippen molar-refractivity contribution in [3.05, 3.63) is 51.3 Å². The molecular formula is C14H13FIN3O. The number of halogens is 2. The summed E-state index contributed by atoms with van der Waals surface area (Å²) in [6.45, 7) is 0. The van der Waals surface area contributed by atoms with E-state index in [1.165, 1.54) is 12.1 Å². The van der Waals surface area contributed by atoms with Gasteiger partial charge in [-0.3, -0.25) is 4.79 Å². The molecule has 4 nitrogen and oxygen atoms in total. The summed E-state index contributed by atoms with van der Waals surface area (Å²) in [5, 5.41) is 5.68. The molecular weight excluding hydrogens is 372 g/mol. The van der Waals surface area contributed by atoms with Crippen molar-refractivity contribution in [1.82, 2.24) is 5.32 Å². The van der Waals surface area contributed by atoms with Gasteiger partial charge in [0.1, 0.15) is 5.82 Å². The van der Waals surface area contributed by atoms with Crippen LogP contribution in [0.5, 0.6) is 0 Å². The molecule has 6 heteroatoms. The minimum Gasteiger partial charge on any atom is -0.399 e. The Balaban J connectivity index is 2.41. The van der Waals surface area contributed by atoms with Crippen molar-refractivity contribution in [2.45, 2.75) is 0 Å². The molecule has 1 amide bonds. The molecule has 2 rings (SSSR count). The molecule has 0 aliphatic heterocycles. The third kappa shape index (κ3) is 3.19. The lowest BCUT2D eigenvalue weighted by molar-refractivity contribution is 0.0964. The Bertz CT molecular complexity index is 661. The first-order valence-corrected chi connectivity index (χ1v) is 6.93. The van der Waals surface area contributed by atoms with Gasteiger partial charge in [0, 0.05) is 16.3 Å². The molecule has 0 spiro atoms. The van der Waals surface area contributed by atoms with Gasteiger partial charge < -0.3 is 16.4 Å². The highest BCUT2D eigenvalue weighted by atomic mass is 127. The summed E-state index contributed by atoms with van der Waals surface area (Å²) in [5.74, 6) is -0.524. The van der Waals surface area contributed by atoms with Gasteiger partial charge in [0.25, 0.3) is 5.91 Å². The van der Waals surface area contributed by atoms with E-state index >= 15 is 0 Å². The average molecular weight is 385 g/mol. The molecule has 0 saturated carbocycles. The zero-order valence-corrected chi connectivity index (χ0v) is 12.9. The fraction of sp³-hybridized carbons (Fsp3) is 0.0714.